The van der Waals surface area contributed by atoms with Crippen LogP contribution >= 0.6 is 0 Å². The van der Waals surface area contributed by atoms with Gasteiger partial charge in [-0.1, -0.05) is 59.6 Å². The van der Waals surface area contributed by atoms with Gasteiger partial charge in [0.1, 0.15) is 0 Å². The number of terminal acetylenes is 1. The molecule has 0 saturated carbocycles. The molecule has 0 aromatic heterocycles. The molecular formula is C33H48O2. The molecule has 0 aromatic rings. The van der Waals surface area contributed by atoms with Crippen LogP contribution in [-0.2, 0) is 9.59 Å². The van der Waals surface area contributed by atoms with Crippen molar-refractivity contribution in [3.05, 3.63) is 70.4 Å². The predicted molar refractivity (Wildman–Crippen MR) is 153 cm³/mol. The van der Waals surface area contributed by atoms with Gasteiger partial charge in [0.2, 0.25) is 0 Å². The van der Waals surface area contributed by atoms with E-state index in [0.717, 1.165) is 44.9 Å². The number of ketones is 2. The average molecular weight is 477 g/mol. The van der Waals surface area contributed by atoms with Crippen molar-refractivity contribution >= 4 is 11.6 Å². The number of rotatable bonds is 12. The molecule has 1 aliphatic rings. The number of Topliss-reactive ketones (excluding diaryl/α,β-unsaturated/α-hetero) is 2. The van der Waals surface area contributed by atoms with Crippen LogP contribution in [0.4, 0.5) is 0 Å². The molecule has 192 valence electrons. The lowest BCUT2D eigenvalue weighted by atomic mass is 9.81. The second-order valence-corrected chi connectivity index (χ2v) is 9.75. The molecule has 0 N–H and O–H groups in total. The first-order chi connectivity index (χ1) is 16.6. The minimum absolute atomic E-state index is 0.0513. The lowest BCUT2D eigenvalue weighted by Gasteiger charge is -2.20. The quantitative estimate of drug-likeness (QED) is 0.208. The van der Waals surface area contributed by atoms with Crippen LogP contribution in [0.25, 0.3) is 0 Å². The molecule has 1 unspecified atom stereocenters. The van der Waals surface area contributed by atoms with Crippen molar-refractivity contribution in [2.24, 2.45) is 5.92 Å². The standard InChI is InChI=1S/C29H42O2.C4H6/c1-8-26-20-28(30)27(25(7)29(26)31)19-18-24(6)17-11-16-23(5)15-10-14-22(4)13-9-12-21(2)3;1-3-4-2/h8,12,14,16,18,26H,1,9-11,13,15,17,19-20H2,2-7H3;1H,4H2,2H3/b22-14+,23-16+,24-18+;. The van der Waals surface area contributed by atoms with Crippen molar-refractivity contribution in [3.63, 3.8) is 0 Å². The highest BCUT2D eigenvalue weighted by atomic mass is 16.1. The Labute approximate surface area is 216 Å². The number of carbonyl (C=O) groups excluding carboxylic acids is 2. The summed E-state index contributed by atoms with van der Waals surface area (Å²) in [5, 5.41) is 0. The molecule has 0 amide bonds. The summed E-state index contributed by atoms with van der Waals surface area (Å²) in [7, 11) is 0. The molecule has 0 fully saturated rings. The first-order valence-electron chi connectivity index (χ1n) is 13.0. The van der Waals surface area contributed by atoms with Gasteiger partial charge in [-0.25, -0.2) is 0 Å². The second-order valence-electron chi connectivity index (χ2n) is 9.75. The topological polar surface area (TPSA) is 34.1 Å². The zero-order chi connectivity index (χ0) is 26.8. The second kappa shape index (κ2) is 18.6. The molecule has 0 aromatic carbocycles. The smallest absolute Gasteiger partial charge is 0.166 e. The molecular weight excluding hydrogens is 428 g/mol. The van der Waals surface area contributed by atoms with E-state index >= 15 is 0 Å². The zero-order valence-corrected chi connectivity index (χ0v) is 23.4. The number of hydrogen-bond acceptors (Lipinski definition) is 2. The molecule has 2 nitrogen and oxygen atoms in total. The van der Waals surface area contributed by atoms with Gasteiger partial charge in [-0.05, 0) is 92.1 Å². The highest BCUT2D eigenvalue weighted by molar-refractivity contribution is 6.13. The van der Waals surface area contributed by atoms with E-state index in [2.05, 4.69) is 71.4 Å². The van der Waals surface area contributed by atoms with E-state index < -0.39 is 0 Å². The number of carbonyl (C=O) groups is 2. The van der Waals surface area contributed by atoms with Crippen molar-refractivity contribution in [2.45, 2.75) is 106 Å². The molecule has 0 aliphatic heterocycles. The molecule has 1 rings (SSSR count). The van der Waals surface area contributed by atoms with Gasteiger partial charge in [0.15, 0.2) is 11.6 Å². The van der Waals surface area contributed by atoms with Crippen LogP contribution in [0.5, 0.6) is 0 Å². The maximum atomic E-state index is 12.4. The van der Waals surface area contributed by atoms with E-state index in [-0.39, 0.29) is 23.9 Å². The van der Waals surface area contributed by atoms with Gasteiger partial charge in [0.05, 0.1) is 0 Å². The molecule has 0 saturated heterocycles. The summed E-state index contributed by atoms with van der Waals surface area (Å²) in [5.74, 6) is 2.23. The lowest BCUT2D eigenvalue weighted by molar-refractivity contribution is -0.124. The lowest BCUT2D eigenvalue weighted by Crippen LogP contribution is -2.26. The van der Waals surface area contributed by atoms with Gasteiger partial charge in [-0.2, -0.15) is 0 Å². The minimum Gasteiger partial charge on any atom is -0.294 e. The average Bonchev–Trinajstić information content (AvgIpc) is 2.81. The van der Waals surface area contributed by atoms with Gasteiger partial charge in [0.25, 0.3) is 0 Å². The SMILES string of the molecule is C#CCC.C=CC1CC(=O)C(C/C=C(\C)CC/C=C(\C)CC/C=C(\C)CCC=C(C)C)=C(C)C1=O. The van der Waals surface area contributed by atoms with Crippen LogP contribution in [0.15, 0.2) is 70.4 Å². The van der Waals surface area contributed by atoms with E-state index in [1.165, 1.54) is 22.3 Å². The van der Waals surface area contributed by atoms with Crippen LogP contribution in [0.1, 0.15) is 106 Å². The monoisotopic (exact) mass is 476 g/mol. The van der Waals surface area contributed by atoms with Crippen LogP contribution in [-0.4, -0.2) is 11.6 Å². The first kappa shape index (κ1) is 32.3. The predicted octanol–water partition coefficient (Wildman–Crippen LogP) is 9.21. The molecule has 2 heteroatoms. The Bertz CT molecular complexity index is 905. The number of hydrogen-bond donors (Lipinski definition) is 0. The van der Waals surface area contributed by atoms with Crippen molar-refractivity contribution in [2.75, 3.05) is 0 Å². The molecule has 1 atom stereocenters. The Morgan fingerprint density at radius 1 is 0.914 bits per heavy atom. The van der Waals surface area contributed by atoms with Crippen molar-refractivity contribution in [3.8, 4) is 12.3 Å². The molecule has 0 heterocycles. The summed E-state index contributed by atoms with van der Waals surface area (Å²) in [4.78, 5) is 24.7. The van der Waals surface area contributed by atoms with Crippen LogP contribution in [0.2, 0.25) is 0 Å². The van der Waals surface area contributed by atoms with Crippen LogP contribution in [0, 0.1) is 18.3 Å². The van der Waals surface area contributed by atoms with E-state index in [1.54, 1.807) is 13.0 Å². The van der Waals surface area contributed by atoms with Gasteiger partial charge in [-0.15, -0.1) is 18.9 Å². The summed E-state index contributed by atoms with van der Waals surface area (Å²) >= 11 is 0. The molecule has 0 radical (unpaired) electrons. The Kier molecular flexibility index (Phi) is 17.2. The molecule has 0 spiro atoms. The van der Waals surface area contributed by atoms with Crippen molar-refractivity contribution in [1.82, 2.24) is 0 Å². The largest absolute Gasteiger partial charge is 0.294 e. The zero-order valence-electron chi connectivity index (χ0n) is 23.4. The summed E-state index contributed by atoms with van der Waals surface area (Å²) < 4.78 is 0. The summed E-state index contributed by atoms with van der Waals surface area (Å²) in [6, 6.07) is 0. The maximum Gasteiger partial charge on any atom is 0.166 e. The first-order valence-corrected chi connectivity index (χ1v) is 13.0. The minimum atomic E-state index is -0.342. The molecule has 0 bridgehead atoms. The summed E-state index contributed by atoms with van der Waals surface area (Å²) in [6.07, 6.45) is 23.7. The molecule has 1 aliphatic carbocycles. The van der Waals surface area contributed by atoms with E-state index in [0.29, 0.717) is 17.6 Å². The highest BCUT2D eigenvalue weighted by Gasteiger charge is 2.29. The van der Waals surface area contributed by atoms with Crippen molar-refractivity contribution in [1.29, 1.82) is 0 Å². The summed E-state index contributed by atoms with van der Waals surface area (Å²) in [5.41, 5.74) is 6.87. The Balaban J connectivity index is 0.00000267. The van der Waals surface area contributed by atoms with E-state index in [4.69, 9.17) is 6.42 Å². The number of allylic oxidation sites excluding steroid dienone is 11. The third kappa shape index (κ3) is 14.4. The molecule has 35 heavy (non-hydrogen) atoms. The Hall–Kier alpha value is -2.66. The van der Waals surface area contributed by atoms with Gasteiger partial charge in [-0.3, -0.25) is 9.59 Å². The fourth-order valence-corrected chi connectivity index (χ4v) is 3.77. The fourth-order valence-electron chi connectivity index (χ4n) is 3.77. The Morgan fingerprint density at radius 2 is 1.37 bits per heavy atom. The van der Waals surface area contributed by atoms with Gasteiger partial charge >= 0.3 is 0 Å². The highest BCUT2D eigenvalue weighted by Crippen LogP contribution is 2.27. The van der Waals surface area contributed by atoms with Crippen LogP contribution < -0.4 is 0 Å². The normalized spacial score (nSPS) is 17.0. The van der Waals surface area contributed by atoms with Crippen molar-refractivity contribution < 1.29 is 9.59 Å². The maximum absolute atomic E-state index is 12.4. The van der Waals surface area contributed by atoms with E-state index in [9.17, 15) is 9.59 Å². The fraction of sp³-hybridized carbons (Fsp3) is 0.515. The van der Waals surface area contributed by atoms with E-state index in [1.807, 2.05) is 6.92 Å². The summed E-state index contributed by atoms with van der Waals surface area (Å²) in [6.45, 7) is 18.2. The van der Waals surface area contributed by atoms with Crippen LogP contribution in [0.3, 0.4) is 0 Å². The Morgan fingerprint density at radius 3 is 1.80 bits per heavy atom. The third-order valence-electron chi connectivity index (χ3n) is 6.20. The van der Waals surface area contributed by atoms with Gasteiger partial charge in [0, 0.05) is 24.3 Å². The third-order valence-corrected chi connectivity index (χ3v) is 6.20. The van der Waals surface area contributed by atoms with Gasteiger partial charge < -0.3 is 0 Å².